The normalized spacial score (nSPS) is 15.4. The lowest BCUT2D eigenvalue weighted by molar-refractivity contribution is 0.143. The maximum Gasteiger partial charge on any atom is 0.415 e. The highest BCUT2D eigenvalue weighted by molar-refractivity contribution is 9.10. The van der Waals surface area contributed by atoms with Crippen molar-refractivity contribution in [1.82, 2.24) is 0 Å². The summed E-state index contributed by atoms with van der Waals surface area (Å²) in [4.78, 5) is 14.4. The second-order valence-corrected chi connectivity index (χ2v) is 8.08. The Balaban J connectivity index is 1.75. The van der Waals surface area contributed by atoms with Crippen molar-refractivity contribution in [2.75, 3.05) is 12.0 Å². The van der Waals surface area contributed by atoms with Crippen LogP contribution in [0.1, 0.15) is 29.2 Å². The van der Waals surface area contributed by atoms with E-state index in [0.717, 1.165) is 17.2 Å². The number of hydrogen-bond donors (Lipinski definition) is 0. The van der Waals surface area contributed by atoms with E-state index in [4.69, 9.17) is 9.47 Å². The van der Waals surface area contributed by atoms with Crippen LogP contribution in [0.25, 0.3) is 0 Å². The van der Waals surface area contributed by atoms with Crippen molar-refractivity contribution >= 4 is 27.7 Å². The monoisotopic (exact) mass is 487 g/mol. The molecule has 1 amide bonds. The first kappa shape index (κ1) is 21.3. The molecule has 1 heterocycles. The van der Waals surface area contributed by atoms with Crippen LogP contribution in [0.4, 0.5) is 19.3 Å². The third kappa shape index (κ3) is 4.28. The van der Waals surface area contributed by atoms with Crippen molar-refractivity contribution in [3.63, 3.8) is 0 Å². The first-order valence-corrected chi connectivity index (χ1v) is 10.6. The molecule has 3 aromatic rings. The Bertz CT molecular complexity index is 1110. The Kier molecular flexibility index (Phi) is 6.23. The summed E-state index contributed by atoms with van der Waals surface area (Å²) < 4.78 is 40.7. The van der Waals surface area contributed by atoms with Crippen LogP contribution < -0.4 is 9.64 Å². The minimum Gasteiger partial charge on any atom is -0.497 e. The zero-order valence-electron chi connectivity index (χ0n) is 16.8. The fraction of sp³-hybridized carbons (Fsp3) is 0.208. The van der Waals surface area contributed by atoms with Crippen molar-refractivity contribution in [3.05, 3.63) is 93.5 Å². The quantitative estimate of drug-likeness (QED) is 0.390. The zero-order chi connectivity index (χ0) is 22.0. The van der Waals surface area contributed by atoms with E-state index in [2.05, 4.69) is 15.9 Å². The van der Waals surface area contributed by atoms with Crippen LogP contribution in [0.2, 0.25) is 0 Å². The molecule has 0 aromatic heterocycles. The van der Waals surface area contributed by atoms with Crippen LogP contribution >= 0.6 is 15.9 Å². The molecule has 1 aliphatic rings. The molecule has 0 saturated carbocycles. The fourth-order valence-electron chi connectivity index (χ4n) is 3.86. The van der Waals surface area contributed by atoms with E-state index in [9.17, 15) is 9.18 Å². The highest BCUT2D eigenvalue weighted by Crippen LogP contribution is 2.43. The molecule has 4 rings (SSSR count). The van der Waals surface area contributed by atoms with E-state index < -0.39 is 23.8 Å². The van der Waals surface area contributed by atoms with Crippen molar-refractivity contribution in [2.24, 2.45) is 0 Å². The summed E-state index contributed by atoms with van der Waals surface area (Å²) in [5.74, 6) is -0.641. The Hall–Kier alpha value is -2.93. The van der Waals surface area contributed by atoms with Gasteiger partial charge in [0.05, 0.1) is 23.3 Å². The molecule has 3 aromatic carbocycles. The first-order chi connectivity index (χ1) is 15.0. The average Bonchev–Trinajstić information content (AvgIpc) is 2.81. The first-order valence-electron chi connectivity index (χ1n) is 9.80. The molecule has 4 nitrogen and oxygen atoms in total. The van der Waals surface area contributed by atoms with Gasteiger partial charge in [-0.3, -0.25) is 4.90 Å². The minimum atomic E-state index is -0.738. The number of hydrogen-bond acceptors (Lipinski definition) is 3. The molecule has 7 heteroatoms. The van der Waals surface area contributed by atoms with E-state index >= 15 is 4.39 Å². The Morgan fingerprint density at radius 3 is 2.65 bits per heavy atom. The van der Waals surface area contributed by atoms with Gasteiger partial charge in [-0.15, -0.1) is 0 Å². The molecule has 0 fully saturated rings. The molecule has 0 saturated heterocycles. The molecule has 0 aliphatic carbocycles. The number of fused-ring (bicyclic) bond motifs is 1. The SMILES string of the molecule is COc1cccc(C2CCc3c(F)c(Br)cc(F)c3N2C(=O)OCc2ccccc2)c1. The molecule has 31 heavy (non-hydrogen) atoms. The lowest BCUT2D eigenvalue weighted by Gasteiger charge is -2.37. The molecular weight excluding hydrogens is 468 g/mol. The lowest BCUT2D eigenvalue weighted by Crippen LogP contribution is -2.40. The van der Waals surface area contributed by atoms with Crippen LogP contribution in [-0.2, 0) is 17.8 Å². The van der Waals surface area contributed by atoms with Crippen LogP contribution in [0.5, 0.6) is 5.75 Å². The molecule has 0 bridgehead atoms. The topological polar surface area (TPSA) is 38.8 Å². The number of amides is 1. The number of rotatable bonds is 4. The number of carbonyl (C=O) groups excluding carboxylic acids is 1. The molecule has 0 spiro atoms. The van der Waals surface area contributed by atoms with Gasteiger partial charge in [0.15, 0.2) is 0 Å². The number of nitrogens with zero attached hydrogens (tertiary/aromatic N) is 1. The van der Waals surface area contributed by atoms with Crippen LogP contribution in [0.3, 0.4) is 0 Å². The predicted octanol–water partition coefficient (Wildman–Crippen LogP) is 6.57. The van der Waals surface area contributed by atoms with Crippen LogP contribution in [-0.4, -0.2) is 13.2 Å². The molecule has 1 atom stereocenters. The summed E-state index contributed by atoms with van der Waals surface area (Å²) >= 11 is 3.06. The Morgan fingerprint density at radius 1 is 1.13 bits per heavy atom. The zero-order valence-corrected chi connectivity index (χ0v) is 18.4. The number of carbonyl (C=O) groups is 1. The molecule has 0 radical (unpaired) electrons. The number of anilines is 1. The van der Waals surface area contributed by atoms with E-state index in [1.54, 1.807) is 25.3 Å². The maximum atomic E-state index is 15.0. The summed E-state index contributed by atoms with van der Waals surface area (Å²) in [6.45, 7) is 0.0248. The van der Waals surface area contributed by atoms with Gasteiger partial charge in [-0.2, -0.15) is 0 Å². The maximum absolute atomic E-state index is 15.0. The largest absolute Gasteiger partial charge is 0.497 e. The van der Waals surface area contributed by atoms with Gasteiger partial charge in [0.25, 0.3) is 0 Å². The number of methoxy groups -OCH3 is 1. The second kappa shape index (κ2) is 9.06. The summed E-state index contributed by atoms with van der Waals surface area (Å²) in [7, 11) is 1.55. The van der Waals surface area contributed by atoms with Gasteiger partial charge in [0, 0.05) is 5.56 Å². The van der Waals surface area contributed by atoms with E-state index in [1.807, 2.05) is 36.4 Å². The fourth-order valence-corrected chi connectivity index (χ4v) is 4.30. The molecule has 1 aliphatic heterocycles. The van der Waals surface area contributed by atoms with E-state index in [0.29, 0.717) is 12.2 Å². The van der Waals surface area contributed by atoms with Gasteiger partial charge in [-0.25, -0.2) is 13.6 Å². The molecular formula is C24H20BrF2NO3. The van der Waals surface area contributed by atoms with Gasteiger partial charge in [0.2, 0.25) is 0 Å². The Morgan fingerprint density at radius 2 is 1.90 bits per heavy atom. The van der Waals surface area contributed by atoms with Crippen LogP contribution in [0, 0.1) is 11.6 Å². The van der Waals surface area contributed by atoms with Crippen molar-refractivity contribution < 1.29 is 23.0 Å². The highest BCUT2D eigenvalue weighted by atomic mass is 79.9. The van der Waals surface area contributed by atoms with E-state index in [1.165, 1.54) is 4.90 Å². The van der Waals surface area contributed by atoms with Gasteiger partial charge < -0.3 is 9.47 Å². The highest BCUT2D eigenvalue weighted by Gasteiger charge is 2.37. The smallest absolute Gasteiger partial charge is 0.415 e. The van der Waals surface area contributed by atoms with Gasteiger partial charge in [-0.05, 0) is 58.1 Å². The molecule has 160 valence electrons. The number of halogens is 3. The number of ether oxygens (including phenoxy) is 2. The predicted molar refractivity (Wildman–Crippen MR) is 117 cm³/mol. The standard InChI is InChI=1S/C24H20BrF2NO3/c1-30-17-9-5-8-16(12-17)21-11-10-18-22(27)19(25)13-20(26)23(18)28(21)24(29)31-14-15-6-3-2-4-7-15/h2-9,12-13,21H,10-11,14H2,1H3. The van der Waals surface area contributed by atoms with Crippen molar-refractivity contribution in [1.29, 1.82) is 0 Å². The van der Waals surface area contributed by atoms with Gasteiger partial charge in [-0.1, -0.05) is 42.5 Å². The molecule has 1 unspecified atom stereocenters. The summed E-state index contributed by atoms with van der Waals surface area (Å²) in [6.07, 6.45) is -0.0480. The lowest BCUT2D eigenvalue weighted by atomic mass is 9.91. The Labute approximate surface area is 187 Å². The summed E-state index contributed by atoms with van der Waals surface area (Å²) in [6, 6.07) is 16.9. The number of benzene rings is 3. The van der Waals surface area contributed by atoms with Crippen LogP contribution in [0.15, 0.2) is 65.1 Å². The average molecular weight is 488 g/mol. The van der Waals surface area contributed by atoms with Crippen molar-refractivity contribution in [2.45, 2.75) is 25.5 Å². The van der Waals surface area contributed by atoms with Gasteiger partial charge in [0.1, 0.15) is 24.0 Å². The third-order valence-corrected chi connectivity index (χ3v) is 5.92. The third-order valence-electron chi connectivity index (χ3n) is 5.34. The van der Waals surface area contributed by atoms with E-state index in [-0.39, 0.29) is 28.8 Å². The summed E-state index contributed by atoms with van der Waals surface area (Å²) in [5.41, 5.74) is 1.62. The summed E-state index contributed by atoms with van der Waals surface area (Å²) in [5, 5.41) is 0. The second-order valence-electron chi connectivity index (χ2n) is 7.22. The van der Waals surface area contributed by atoms with Gasteiger partial charge >= 0.3 is 6.09 Å². The minimum absolute atomic E-state index is 0.0248. The van der Waals surface area contributed by atoms with Crippen molar-refractivity contribution in [3.8, 4) is 5.75 Å². The molecule has 0 N–H and O–H groups in total.